The third-order valence-electron chi connectivity index (χ3n) is 11.5. The Bertz CT molecular complexity index is 735. The summed E-state index contributed by atoms with van der Waals surface area (Å²) in [6.07, 6.45) is 11.1. The molecule has 35 heavy (non-hydrogen) atoms. The van der Waals surface area contributed by atoms with Gasteiger partial charge in [-0.3, -0.25) is 0 Å². The first-order valence-corrected chi connectivity index (χ1v) is 15.8. The standard InChI is InChI=1S/C29H51NO4S/c1-6-20-24-17-19(31)9-12-29(24,4)23-10-13-28(3)21(7-8-22(28)25(23)26(20)32)18(2)11-15-34-27(33)30-14-16-35-5/h18-26,31-32H,6-17H2,1-5H3,(H,30,33)/t18-,19-,20-,21?,22+,23+,24+,25+,26-,28-,29-/m1/s1. The zero-order chi connectivity index (χ0) is 25.4. The number of ether oxygens (including phenoxy) is 1. The minimum Gasteiger partial charge on any atom is -0.450 e. The maximum Gasteiger partial charge on any atom is 0.407 e. The van der Waals surface area contributed by atoms with Crippen molar-refractivity contribution in [3.05, 3.63) is 0 Å². The molecule has 202 valence electrons. The molecular weight excluding hydrogens is 458 g/mol. The Kier molecular flexibility index (Phi) is 8.75. The Balaban J connectivity index is 1.43. The first-order chi connectivity index (χ1) is 16.7. The molecule has 5 nitrogen and oxygen atoms in total. The molecule has 0 aromatic carbocycles. The van der Waals surface area contributed by atoms with Gasteiger partial charge in [-0.2, -0.15) is 11.8 Å². The lowest BCUT2D eigenvalue weighted by atomic mass is 9.41. The van der Waals surface area contributed by atoms with Crippen molar-refractivity contribution in [3.63, 3.8) is 0 Å². The van der Waals surface area contributed by atoms with Crippen LogP contribution in [-0.4, -0.2) is 53.7 Å². The number of rotatable bonds is 8. The molecule has 4 saturated carbocycles. The average molecular weight is 510 g/mol. The highest BCUT2D eigenvalue weighted by Crippen LogP contribution is 2.69. The van der Waals surface area contributed by atoms with Crippen LogP contribution in [0, 0.1) is 52.3 Å². The summed E-state index contributed by atoms with van der Waals surface area (Å²) in [5.74, 6) is 4.36. The Morgan fingerprint density at radius 2 is 1.80 bits per heavy atom. The van der Waals surface area contributed by atoms with Gasteiger partial charge in [0.05, 0.1) is 18.8 Å². The highest BCUT2D eigenvalue weighted by molar-refractivity contribution is 7.98. The van der Waals surface area contributed by atoms with Crippen LogP contribution in [0.2, 0.25) is 0 Å². The van der Waals surface area contributed by atoms with E-state index in [0.29, 0.717) is 54.6 Å². The van der Waals surface area contributed by atoms with Gasteiger partial charge < -0.3 is 20.3 Å². The predicted octanol–water partition coefficient (Wildman–Crippen LogP) is 5.73. The van der Waals surface area contributed by atoms with Gasteiger partial charge in [-0.25, -0.2) is 4.79 Å². The normalized spacial score (nSPS) is 45.7. The molecule has 11 atom stereocenters. The Hall–Kier alpha value is -0.460. The summed E-state index contributed by atoms with van der Waals surface area (Å²) in [5, 5.41) is 25.1. The summed E-state index contributed by atoms with van der Waals surface area (Å²) in [6.45, 7) is 10.8. The largest absolute Gasteiger partial charge is 0.450 e. The molecule has 4 rings (SSSR count). The molecule has 0 spiro atoms. The van der Waals surface area contributed by atoms with Crippen LogP contribution >= 0.6 is 11.8 Å². The van der Waals surface area contributed by atoms with Crippen LogP contribution < -0.4 is 5.32 Å². The minimum atomic E-state index is -0.293. The molecule has 0 heterocycles. The number of fused-ring (bicyclic) bond motifs is 5. The maximum atomic E-state index is 11.9. The Morgan fingerprint density at radius 3 is 2.51 bits per heavy atom. The van der Waals surface area contributed by atoms with E-state index in [0.717, 1.165) is 37.9 Å². The molecule has 6 heteroatoms. The SMILES string of the molecule is CC[C@H]1[C@@H](O)[C@@H]2[C@H](CC[C@]3(C)C([C@H](C)CCOC(=O)NCCSC)CC[C@@H]23)[C@@]2(C)CC[C@@H](O)C[C@@H]12. The van der Waals surface area contributed by atoms with Crippen LogP contribution in [0.4, 0.5) is 4.79 Å². The Labute approximate surface area is 217 Å². The average Bonchev–Trinajstić information content (AvgIpc) is 3.18. The highest BCUT2D eigenvalue weighted by Gasteiger charge is 2.64. The highest BCUT2D eigenvalue weighted by atomic mass is 32.2. The van der Waals surface area contributed by atoms with Crippen molar-refractivity contribution in [2.45, 2.75) is 97.7 Å². The fraction of sp³-hybridized carbons (Fsp3) is 0.966. The van der Waals surface area contributed by atoms with Gasteiger partial charge >= 0.3 is 6.09 Å². The van der Waals surface area contributed by atoms with Gasteiger partial charge in [0.1, 0.15) is 0 Å². The van der Waals surface area contributed by atoms with Crippen molar-refractivity contribution >= 4 is 17.9 Å². The molecule has 0 aromatic rings. The fourth-order valence-electron chi connectivity index (χ4n) is 9.78. The number of alkyl carbamates (subject to hydrolysis) is 1. The van der Waals surface area contributed by atoms with E-state index in [4.69, 9.17) is 4.74 Å². The van der Waals surface area contributed by atoms with E-state index < -0.39 is 0 Å². The van der Waals surface area contributed by atoms with Crippen LogP contribution in [0.1, 0.15) is 85.5 Å². The zero-order valence-electron chi connectivity index (χ0n) is 22.8. The molecule has 4 aliphatic rings. The fourth-order valence-corrected chi connectivity index (χ4v) is 10.1. The number of hydrogen-bond donors (Lipinski definition) is 3. The van der Waals surface area contributed by atoms with E-state index in [1.165, 1.54) is 25.7 Å². The molecule has 4 aliphatic carbocycles. The second-order valence-electron chi connectivity index (χ2n) is 12.9. The molecule has 0 aliphatic heterocycles. The topological polar surface area (TPSA) is 78.8 Å². The van der Waals surface area contributed by atoms with E-state index in [1.807, 2.05) is 6.26 Å². The van der Waals surface area contributed by atoms with Crippen LogP contribution in [-0.2, 0) is 4.74 Å². The first kappa shape index (κ1) is 27.6. The second-order valence-corrected chi connectivity index (χ2v) is 13.9. The molecule has 3 N–H and O–H groups in total. The molecule has 1 unspecified atom stereocenters. The van der Waals surface area contributed by atoms with Gasteiger partial charge in [-0.1, -0.05) is 34.1 Å². The third kappa shape index (κ3) is 5.02. The molecule has 4 fully saturated rings. The van der Waals surface area contributed by atoms with Gasteiger partial charge in [0.25, 0.3) is 0 Å². The number of carbonyl (C=O) groups excluding carboxylic acids is 1. The summed E-state index contributed by atoms with van der Waals surface area (Å²) < 4.78 is 5.48. The third-order valence-corrected chi connectivity index (χ3v) is 12.1. The monoisotopic (exact) mass is 509 g/mol. The van der Waals surface area contributed by atoms with E-state index in [9.17, 15) is 15.0 Å². The van der Waals surface area contributed by atoms with Crippen LogP contribution in [0.3, 0.4) is 0 Å². The lowest BCUT2D eigenvalue weighted by Crippen LogP contribution is -2.62. The maximum absolute atomic E-state index is 11.9. The summed E-state index contributed by atoms with van der Waals surface area (Å²) in [4.78, 5) is 11.9. The van der Waals surface area contributed by atoms with Gasteiger partial charge in [0, 0.05) is 12.3 Å². The summed E-state index contributed by atoms with van der Waals surface area (Å²) in [5.41, 5.74) is 0.518. The van der Waals surface area contributed by atoms with Crippen molar-refractivity contribution in [2.75, 3.05) is 25.2 Å². The Morgan fingerprint density at radius 1 is 1.09 bits per heavy atom. The number of amides is 1. The molecule has 1 amide bonds. The molecule has 0 aromatic heterocycles. The number of aliphatic hydroxyl groups is 2. The van der Waals surface area contributed by atoms with Crippen LogP contribution in [0.5, 0.6) is 0 Å². The van der Waals surface area contributed by atoms with Crippen molar-refractivity contribution < 1.29 is 19.7 Å². The number of nitrogens with one attached hydrogen (secondary N) is 1. The lowest BCUT2D eigenvalue weighted by molar-refractivity contribution is -0.203. The summed E-state index contributed by atoms with van der Waals surface area (Å²) in [7, 11) is 0. The number of hydrogen-bond acceptors (Lipinski definition) is 5. The first-order valence-electron chi connectivity index (χ1n) is 14.4. The minimum absolute atomic E-state index is 0.189. The summed E-state index contributed by atoms with van der Waals surface area (Å²) >= 11 is 1.72. The smallest absolute Gasteiger partial charge is 0.407 e. The molecule has 0 bridgehead atoms. The van der Waals surface area contributed by atoms with Crippen molar-refractivity contribution in [1.29, 1.82) is 0 Å². The predicted molar refractivity (Wildman–Crippen MR) is 143 cm³/mol. The van der Waals surface area contributed by atoms with E-state index in [-0.39, 0.29) is 29.1 Å². The molecular formula is C29H51NO4S. The second kappa shape index (κ2) is 11.1. The van der Waals surface area contributed by atoms with Gasteiger partial charge in [-0.15, -0.1) is 0 Å². The van der Waals surface area contributed by atoms with Gasteiger partial charge in [0.2, 0.25) is 0 Å². The van der Waals surface area contributed by atoms with Gasteiger partial charge in [-0.05, 0) is 110 Å². The van der Waals surface area contributed by atoms with Crippen molar-refractivity contribution in [1.82, 2.24) is 5.32 Å². The van der Waals surface area contributed by atoms with Crippen LogP contribution in [0.15, 0.2) is 0 Å². The van der Waals surface area contributed by atoms with E-state index in [2.05, 4.69) is 33.0 Å². The van der Waals surface area contributed by atoms with E-state index >= 15 is 0 Å². The molecule has 0 radical (unpaired) electrons. The number of carbonyl (C=O) groups is 1. The number of thioether (sulfide) groups is 1. The van der Waals surface area contributed by atoms with Crippen molar-refractivity contribution in [2.24, 2.45) is 52.3 Å². The van der Waals surface area contributed by atoms with Gasteiger partial charge in [0.15, 0.2) is 0 Å². The zero-order valence-corrected chi connectivity index (χ0v) is 23.6. The number of aliphatic hydroxyl groups excluding tert-OH is 2. The van der Waals surface area contributed by atoms with E-state index in [1.54, 1.807) is 11.8 Å². The summed E-state index contributed by atoms with van der Waals surface area (Å²) in [6, 6.07) is 0. The molecule has 0 saturated heterocycles. The lowest BCUT2D eigenvalue weighted by Gasteiger charge is -2.64. The van der Waals surface area contributed by atoms with Crippen LogP contribution in [0.25, 0.3) is 0 Å². The van der Waals surface area contributed by atoms with Crippen molar-refractivity contribution in [3.8, 4) is 0 Å². The quantitative estimate of drug-likeness (QED) is 0.364.